The van der Waals surface area contributed by atoms with Crippen LogP contribution in [0, 0.1) is 10.1 Å². The van der Waals surface area contributed by atoms with Gasteiger partial charge in [0.05, 0.1) is 10.5 Å². The Kier molecular flexibility index (Phi) is 3.06. The molecule has 2 aromatic rings. The van der Waals surface area contributed by atoms with Gasteiger partial charge < -0.3 is 0 Å². The summed E-state index contributed by atoms with van der Waals surface area (Å²) in [6.07, 6.45) is 3.18. The number of rotatable bonds is 2. The van der Waals surface area contributed by atoms with Gasteiger partial charge >= 0.3 is 0 Å². The molecule has 0 saturated heterocycles. The van der Waals surface area contributed by atoms with E-state index in [2.05, 4.69) is 15.9 Å². The van der Waals surface area contributed by atoms with E-state index in [0.717, 1.165) is 0 Å². The van der Waals surface area contributed by atoms with Crippen molar-refractivity contribution < 1.29 is 9.72 Å². The second-order valence-corrected chi connectivity index (χ2v) is 4.08. The van der Waals surface area contributed by atoms with Crippen LogP contribution in [0.5, 0.6) is 0 Å². The fourth-order valence-electron chi connectivity index (χ4n) is 1.43. The molecule has 1 heterocycles. The molecule has 17 heavy (non-hydrogen) atoms. The molecule has 0 aliphatic rings. The SMILES string of the molecule is O=C(c1cccc([N+](=O)[O-])c1Br)n1cccc1. The van der Waals surface area contributed by atoms with Crippen molar-refractivity contribution in [2.45, 2.75) is 0 Å². The van der Waals surface area contributed by atoms with Gasteiger partial charge in [0.25, 0.3) is 11.6 Å². The van der Waals surface area contributed by atoms with Gasteiger partial charge in [-0.25, -0.2) is 0 Å². The van der Waals surface area contributed by atoms with Gasteiger partial charge in [-0.1, -0.05) is 6.07 Å². The number of nitrogens with zero attached hydrogens (tertiary/aromatic N) is 2. The normalized spacial score (nSPS) is 10.2. The summed E-state index contributed by atoms with van der Waals surface area (Å²) in [5, 5.41) is 10.7. The summed E-state index contributed by atoms with van der Waals surface area (Å²) in [6.45, 7) is 0. The van der Waals surface area contributed by atoms with Gasteiger partial charge in [-0.05, 0) is 34.1 Å². The van der Waals surface area contributed by atoms with Crippen molar-refractivity contribution in [3.63, 3.8) is 0 Å². The number of aromatic nitrogens is 1. The van der Waals surface area contributed by atoms with E-state index in [4.69, 9.17) is 0 Å². The highest BCUT2D eigenvalue weighted by Crippen LogP contribution is 2.28. The Morgan fingerprint density at radius 1 is 1.24 bits per heavy atom. The average molecular weight is 295 g/mol. The Morgan fingerprint density at radius 3 is 2.47 bits per heavy atom. The third kappa shape index (κ3) is 2.12. The number of carbonyl (C=O) groups is 1. The van der Waals surface area contributed by atoms with Crippen molar-refractivity contribution >= 4 is 27.5 Å². The minimum absolute atomic E-state index is 0.122. The van der Waals surface area contributed by atoms with Crippen LogP contribution in [0.3, 0.4) is 0 Å². The maximum absolute atomic E-state index is 12.0. The van der Waals surface area contributed by atoms with Gasteiger partial charge in [-0.2, -0.15) is 0 Å². The van der Waals surface area contributed by atoms with Crippen molar-refractivity contribution in [3.8, 4) is 0 Å². The molecule has 0 aliphatic carbocycles. The van der Waals surface area contributed by atoms with E-state index >= 15 is 0 Å². The molecule has 0 atom stereocenters. The van der Waals surface area contributed by atoms with Crippen LogP contribution >= 0.6 is 15.9 Å². The molecule has 0 fully saturated rings. The first-order valence-electron chi connectivity index (χ1n) is 4.72. The summed E-state index contributed by atoms with van der Waals surface area (Å²) < 4.78 is 1.56. The van der Waals surface area contributed by atoms with E-state index in [1.165, 1.54) is 16.7 Å². The first kappa shape index (κ1) is 11.5. The third-order valence-corrected chi connectivity index (χ3v) is 3.08. The highest BCUT2D eigenvalue weighted by molar-refractivity contribution is 9.10. The van der Waals surface area contributed by atoms with Crippen molar-refractivity contribution in [2.75, 3.05) is 0 Å². The van der Waals surface area contributed by atoms with Gasteiger partial charge in [0.1, 0.15) is 4.47 Å². The van der Waals surface area contributed by atoms with Crippen molar-refractivity contribution in [2.24, 2.45) is 0 Å². The highest BCUT2D eigenvalue weighted by Gasteiger charge is 2.19. The number of benzene rings is 1. The van der Waals surface area contributed by atoms with Crippen LogP contribution in [-0.4, -0.2) is 15.4 Å². The molecular weight excluding hydrogens is 288 g/mol. The molecule has 2 rings (SSSR count). The maximum atomic E-state index is 12.0. The molecule has 1 aromatic heterocycles. The Hall–Kier alpha value is -1.95. The molecule has 0 saturated carbocycles. The van der Waals surface area contributed by atoms with Crippen molar-refractivity contribution in [1.29, 1.82) is 0 Å². The molecular formula is C11H7BrN2O3. The predicted molar refractivity (Wildman–Crippen MR) is 65.0 cm³/mol. The number of carbonyl (C=O) groups excluding carboxylic acids is 1. The first-order valence-corrected chi connectivity index (χ1v) is 5.51. The molecule has 0 amide bonds. The van der Waals surface area contributed by atoms with Gasteiger partial charge in [0.15, 0.2) is 0 Å². The summed E-state index contributed by atoms with van der Waals surface area (Å²) in [7, 11) is 0. The first-order chi connectivity index (χ1) is 8.11. The second-order valence-electron chi connectivity index (χ2n) is 3.29. The van der Waals surface area contributed by atoms with Crippen LogP contribution in [0.4, 0.5) is 5.69 Å². The van der Waals surface area contributed by atoms with Gasteiger partial charge in [0, 0.05) is 18.5 Å². The van der Waals surface area contributed by atoms with Crippen LogP contribution in [-0.2, 0) is 0 Å². The molecule has 0 bridgehead atoms. The summed E-state index contributed by atoms with van der Waals surface area (Å²) in [5.41, 5.74) is 0.137. The standard InChI is InChI=1S/C11H7BrN2O3/c12-10-8(4-3-5-9(10)14(16)17)11(15)13-6-1-2-7-13/h1-7H. The molecule has 0 aliphatic heterocycles. The van der Waals surface area contributed by atoms with Crippen molar-refractivity contribution in [1.82, 2.24) is 4.57 Å². The van der Waals surface area contributed by atoms with Crippen molar-refractivity contribution in [3.05, 3.63) is 62.9 Å². The quantitative estimate of drug-likeness (QED) is 0.632. The molecule has 0 spiro atoms. The Balaban J connectivity index is 2.50. The van der Waals surface area contributed by atoms with Crippen LogP contribution in [0.1, 0.15) is 10.4 Å². The van der Waals surface area contributed by atoms with E-state index in [1.807, 2.05) is 0 Å². The smallest absolute Gasteiger partial charge is 0.284 e. The van der Waals surface area contributed by atoms with Crippen LogP contribution < -0.4 is 0 Å². The number of nitro benzene ring substituents is 1. The van der Waals surface area contributed by atoms with Crippen LogP contribution in [0.15, 0.2) is 47.2 Å². The predicted octanol–water partition coefficient (Wildman–Crippen LogP) is 2.85. The monoisotopic (exact) mass is 294 g/mol. The number of nitro groups is 1. The van der Waals surface area contributed by atoms with Crippen LogP contribution in [0.25, 0.3) is 0 Å². The van der Waals surface area contributed by atoms with Crippen LogP contribution in [0.2, 0.25) is 0 Å². The lowest BCUT2D eigenvalue weighted by molar-refractivity contribution is -0.385. The maximum Gasteiger partial charge on any atom is 0.284 e. The summed E-state index contributed by atoms with van der Waals surface area (Å²) in [5.74, 6) is -0.314. The zero-order chi connectivity index (χ0) is 12.4. The average Bonchev–Trinajstić information content (AvgIpc) is 2.81. The topological polar surface area (TPSA) is 65.1 Å². The van der Waals surface area contributed by atoms with E-state index in [-0.39, 0.29) is 21.6 Å². The largest absolute Gasteiger partial charge is 0.291 e. The van der Waals surface area contributed by atoms with E-state index in [9.17, 15) is 14.9 Å². The minimum atomic E-state index is -0.531. The zero-order valence-electron chi connectivity index (χ0n) is 8.54. The number of hydrogen-bond donors (Lipinski definition) is 0. The summed E-state index contributed by atoms with van der Waals surface area (Å²) in [6, 6.07) is 7.79. The molecule has 0 N–H and O–H groups in total. The fraction of sp³-hybridized carbons (Fsp3) is 0. The lowest BCUT2D eigenvalue weighted by Crippen LogP contribution is -2.10. The molecule has 1 aromatic carbocycles. The molecule has 0 unspecified atom stereocenters. The van der Waals surface area contributed by atoms with Gasteiger partial charge in [-0.3, -0.25) is 19.5 Å². The summed E-state index contributed by atoms with van der Waals surface area (Å²) >= 11 is 3.09. The van der Waals surface area contributed by atoms with Gasteiger partial charge in [-0.15, -0.1) is 0 Å². The zero-order valence-corrected chi connectivity index (χ0v) is 10.1. The van der Waals surface area contributed by atoms with Gasteiger partial charge in [0.2, 0.25) is 0 Å². The molecule has 5 nitrogen and oxygen atoms in total. The number of halogens is 1. The molecule has 86 valence electrons. The summed E-state index contributed by atoms with van der Waals surface area (Å²) in [4.78, 5) is 22.2. The molecule has 6 heteroatoms. The second kappa shape index (κ2) is 4.50. The number of hydrogen-bond acceptors (Lipinski definition) is 3. The Labute approximate surface area is 105 Å². The van der Waals surface area contributed by atoms with E-state index < -0.39 is 4.92 Å². The van der Waals surface area contributed by atoms with E-state index in [0.29, 0.717) is 0 Å². The Morgan fingerprint density at radius 2 is 1.88 bits per heavy atom. The Bertz CT molecular complexity index is 578. The molecule has 0 radical (unpaired) electrons. The third-order valence-electron chi connectivity index (χ3n) is 2.24. The fourth-order valence-corrected chi connectivity index (χ4v) is 2.01. The minimum Gasteiger partial charge on any atom is -0.291 e. The lowest BCUT2D eigenvalue weighted by Gasteiger charge is -2.04. The van der Waals surface area contributed by atoms with E-state index in [1.54, 1.807) is 30.6 Å². The lowest BCUT2D eigenvalue weighted by atomic mass is 10.2. The highest BCUT2D eigenvalue weighted by atomic mass is 79.9.